The molecular formula is C20H25NO6. The zero-order valence-corrected chi connectivity index (χ0v) is 16.2. The first-order chi connectivity index (χ1) is 13.0. The van der Waals surface area contributed by atoms with E-state index in [2.05, 4.69) is 5.32 Å². The Bertz CT molecular complexity index is 777. The van der Waals surface area contributed by atoms with Crippen LogP contribution in [0.25, 0.3) is 0 Å². The van der Waals surface area contributed by atoms with Crippen LogP contribution >= 0.6 is 0 Å². The number of amides is 1. The van der Waals surface area contributed by atoms with Gasteiger partial charge in [0.05, 0.1) is 28.4 Å². The Balaban J connectivity index is 2.06. The summed E-state index contributed by atoms with van der Waals surface area (Å²) in [7, 11) is 6.17. The number of rotatable bonds is 9. The Morgan fingerprint density at radius 3 is 2.07 bits per heavy atom. The molecule has 0 aliphatic carbocycles. The molecule has 146 valence electrons. The third-order valence-electron chi connectivity index (χ3n) is 3.98. The van der Waals surface area contributed by atoms with Gasteiger partial charge in [-0.05, 0) is 31.2 Å². The third kappa shape index (κ3) is 4.75. The lowest BCUT2D eigenvalue weighted by Gasteiger charge is -2.18. The Morgan fingerprint density at radius 2 is 1.48 bits per heavy atom. The maximum absolute atomic E-state index is 12.4. The quantitative estimate of drug-likeness (QED) is 0.726. The minimum Gasteiger partial charge on any atom is -0.493 e. The van der Waals surface area contributed by atoms with Gasteiger partial charge in [-0.25, -0.2) is 0 Å². The van der Waals surface area contributed by atoms with Gasteiger partial charge in [-0.15, -0.1) is 0 Å². The van der Waals surface area contributed by atoms with Crippen molar-refractivity contribution in [2.24, 2.45) is 0 Å². The molecule has 27 heavy (non-hydrogen) atoms. The molecule has 0 aliphatic heterocycles. The summed E-state index contributed by atoms with van der Waals surface area (Å²) in [6.45, 7) is 1.93. The molecule has 1 amide bonds. The number of carbonyl (C=O) groups excluding carboxylic acids is 1. The third-order valence-corrected chi connectivity index (χ3v) is 3.98. The van der Waals surface area contributed by atoms with E-state index in [1.165, 1.54) is 14.2 Å². The topological polar surface area (TPSA) is 75.3 Å². The van der Waals surface area contributed by atoms with Gasteiger partial charge >= 0.3 is 0 Å². The van der Waals surface area contributed by atoms with Crippen molar-refractivity contribution in [3.05, 3.63) is 42.0 Å². The molecule has 2 aromatic carbocycles. The van der Waals surface area contributed by atoms with Crippen LogP contribution in [0.5, 0.6) is 28.7 Å². The zero-order valence-electron chi connectivity index (χ0n) is 16.2. The molecule has 0 aliphatic rings. The molecular weight excluding hydrogens is 350 g/mol. The van der Waals surface area contributed by atoms with Crippen LogP contribution in [0.4, 0.5) is 0 Å². The second-order valence-corrected chi connectivity index (χ2v) is 5.62. The summed E-state index contributed by atoms with van der Waals surface area (Å²) in [5.41, 5.74) is 0.757. The highest BCUT2D eigenvalue weighted by atomic mass is 16.5. The lowest BCUT2D eigenvalue weighted by molar-refractivity contribution is -0.127. The number of para-hydroxylation sites is 2. The predicted octanol–water partition coefficient (Wildman–Crippen LogP) is 2.80. The van der Waals surface area contributed by atoms with E-state index < -0.39 is 6.10 Å². The number of nitrogens with one attached hydrogen (secondary N) is 1. The van der Waals surface area contributed by atoms with Gasteiger partial charge in [-0.2, -0.15) is 0 Å². The van der Waals surface area contributed by atoms with Crippen LogP contribution in [0, 0.1) is 0 Å². The van der Waals surface area contributed by atoms with Crippen molar-refractivity contribution in [2.45, 2.75) is 19.6 Å². The molecule has 2 rings (SSSR count). The first-order valence-electron chi connectivity index (χ1n) is 8.40. The van der Waals surface area contributed by atoms with E-state index in [9.17, 15) is 4.79 Å². The second kappa shape index (κ2) is 9.56. The summed E-state index contributed by atoms with van der Waals surface area (Å²) >= 11 is 0. The van der Waals surface area contributed by atoms with Crippen LogP contribution in [0.2, 0.25) is 0 Å². The smallest absolute Gasteiger partial charge is 0.261 e. The zero-order chi connectivity index (χ0) is 19.8. The van der Waals surface area contributed by atoms with Crippen LogP contribution in [-0.4, -0.2) is 40.5 Å². The number of ether oxygens (including phenoxy) is 5. The van der Waals surface area contributed by atoms with Crippen LogP contribution in [0.3, 0.4) is 0 Å². The Labute approximate surface area is 159 Å². The second-order valence-electron chi connectivity index (χ2n) is 5.62. The van der Waals surface area contributed by atoms with Gasteiger partial charge in [0.15, 0.2) is 29.1 Å². The minimum atomic E-state index is -0.701. The van der Waals surface area contributed by atoms with E-state index in [0.717, 1.165) is 5.56 Å². The maximum atomic E-state index is 12.4. The fourth-order valence-corrected chi connectivity index (χ4v) is 2.59. The Hall–Kier alpha value is -3.09. The average molecular weight is 375 g/mol. The van der Waals surface area contributed by atoms with Gasteiger partial charge in [-0.3, -0.25) is 4.79 Å². The van der Waals surface area contributed by atoms with Crippen molar-refractivity contribution >= 4 is 5.91 Å². The van der Waals surface area contributed by atoms with Crippen molar-refractivity contribution in [3.8, 4) is 28.7 Å². The maximum Gasteiger partial charge on any atom is 0.261 e. The number of methoxy groups -OCH3 is 4. The van der Waals surface area contributed by atoms with E-state index in [0.29, 0.717) is 28.7 Å². The molecule has 0 aromatic heterocycles. The van der Waals surface area contributed by atoms with E-state index in [1.807, 2.05) is 18.2 Å². The van der Waals surface area contributed by atoms with Gasteiger partial charge in [-0.1, -0.05) is 12.1 Å². The number of carbonyl (C=O) groups is 1. The molecule has 0 unspecified atom stereocenters. The number of hydrogen-bond acceptors (Lipinski definition) is 6. The van der Waals surface area contributed by atoms with Crippen molar-refractivity contribution < 1.29 is 28.5 Å². The van der Waals surface area contributed by atoms with Gasteiger partial charge in [0.1, 0.15) is 0 Å². The standard InChI is InChI=1S/C20H25NO6/c1-13(27-16-9-7-6-8-15(16)23-2)20(22)21-12-14-10-11-17(24-3)19(26-5)18(14)25-4/h6-11,13H,12H2,1-5H3,(H,21,22)/t13-/m1/s1. The molecule has 7 heteroatoms. The molecule has 0 radical (unpaired) electrons. The van der Waals surface area contributed by atoms with Crippen LogP contribution in [0.15, 0.2) is 36.4 Å². The first-order valence-corrected chi connectivity index (χ1v) is 8.40. The molecule has 0 saturated carbocycles. The van der Waals surface area contributed by atoms with Gasteiger partial charge in [0.2, 0.25) is 5.75 Å². The first kappa shape index (κ1) is 20.2. The lowest BCUT2D eigenvalue weighted by atomic mass is 10.1. The minimum absolute atomic E-state index is 0.252. The average Bonchev–Trinajstić information content (AvgIpc) is 2.71. The van der Waals surface area contributed by atoms with Crippen LogP contribution < -0.4 is 29.0 Å². The summed E-state index contributed by atoms with van der Waals surface area (Å²) in [6.07, 6.45) is -0.701. The Kier molecular flexibility index (Phi) is 7.16. The Morgan fingerprint density at radius 1 is 0.852 bits per heavy atom. The van der Waals surface area contributed by atoms with E-state index in [4.69, 9.17) is 23.7 Å². The molecule has 2 aromatic rings. The van der Waals surface area contributed by atoms with E-state index >= 15 is 0 Å². The van der Waals surface area contributed by atoms with Crippen molar-refractivity contribution in [1.29, 1.82) is 0 Å². The van der Waals surface area contributed by atoms with Crippen molar-refractivity contribution in [3.63, 3.8) is 0 Å². The molecule has 0 saturated heterocycles. The molecule has 1 N–H and O–H groups in total. The summed E-state index contributed by atoms with van der Waals surface area (Å²) in [5.74, 6) is 2.35. The summed E-state index contributed by atoms with van der Waals surface area (Å²) in [6, 6.07) is 10.7. The van der Waals surface area contributed by atoms with Crippen molar-refractivity contribution in [2.75, 3.05) is 28.4 Å². The number of hydrogen-bond donors (Lipinski definition) is 1. The fourth-order valence-electron chi connectivity index (χ4n) is 2.59. The highest BCUT2D eigenvalue weighted by Gasteiger charge is 2.19. The van der Waals surface area contributed by atoms with Gasteiger partial charge < -0.3 is 29.0 Å². The van der Waals surface area contributed by atoms with Gasteiger partial charge in [0.25, 0.3) is 5.91 Å². The highest BCUT2D eigenvalue weighted by molar-refractivity contribution is 5.81. The SMILES string of the molecule is COc1ccccc1O[C@H](C)C(=O)NCc1ccc(OC)c(OC)c1OC. The molecule has 1 atom stereocenters. The highest BCUT2D eigenvalue weighted by Crippen LogP contribution is 2.39. The van der Waals surface area contributed by atoms with Crippen LogP contribution in [-0.2, 0) is 11.3 Å². The summed E-state index contributed by atoms with van der Waals surface area (Å²) in [5, 5.41) is 2.84. The largest absolute Gasteiger partial charge is 0.493 e. The number of benzene rings is 2. The predicted molar refractivity (Wildman–Crippen MR) is 101 cm³/mol. The molecule has 0 bridgehead atoms. The summed E-state index contributed by atoms with van der Waals surface area (Å²) < 4.78 is 27.0. The van der Waals surface area contributed by atoms with Gasteiger partial charge in [0, 0.05) is 12.1 Å². The fraction of sp³-hybridized carbons (Fsp3) is 0.350. The molecule has 7 nitrogen and oxygen atoms in total. The van der Waals surface area contributed by atoms with E-state index in [-0.39, 0.29) is 12.5 Å². The molecule has 0 spiro atoms. The summed E-state index contributed by atoms with van der Waals surface area (Å²) in [4.78, 5) is 12.4. The van der Waals surface area contributed by atoms with Crippen LogP contribution in [0.1, 0.15) is 12.5 Å². The normalized spacial score (nSPS) is 11.3. The van der Waals surface area contributed by atoms with E-state index in [1.54, 1.807) is 39.3 Å². The lowest BCUT2D eigenvalue weighted by Crippen LogP contribution is -2.36. The molecule has 0 heterocycles. The van der Waals surface area contributed by atoms with Crippen molar-refractivity contribution in [1.82, 2.24) is 5.32 Å². The monoisotopic (exact) mass is 375 g/mol. The molecule has 0 fully saturated rings.